The molecule has 1 amide bonds. The maximum atomic E-state index is 11.9. The molecule has 0 saturated carbocycles. The third kappa shape index (κ3) is 4.60. The van der Waals surface area contributed by atoms with E-state index in [0.29, 0.717) is 11.4 Å². The zero-order valence-corrected chi connectivity index (χ0v) is 12.4. The molecule has 0 heterocycles. The Kier molecular flexibility index (Phi) is 6.59. The van der Waals surface area contributed by atoms with Gasteiger partial charge in [0, 0.05) is 12.8 Å². The highest BCUT2D eigenvalue weighted by atomic mass is 16.3. The van der Waals surface area contributed by atoms with Crippen molar-refractivity contribution in [3.8, 4) is 5.75 Å². The van der Waals surface area contributed by atoms with Gasteiger partial charge in [0.2, 0.25) is 0 Å². The Hall–Kier alpha value is -2.86. The maximum Gasteiger partial charge on any atom is 0.275 e. The Bertz CT molecular complexity index is 652. The fourth-order valence-corrected chi connectivity index (χ4v) is 1.65. The van der Waals surface area contributed by atoms with Gasteiger partial charge in [-0.2, -0.15) is 5.10 Å². The molecule has 0 saturated heterocycles. The van der Waals surface area contributed by atoms with Crippen molar-refractivity contribution in [1.29, 1.82) is 0 Å². The fraction of sp³-hybridized carbons (Fsp3) is 0.125. The Morgan fingerprint density at radius 2 is 1.68 bits per heavy atom. The molecule has 5 N–H and O–H groups in total. The van der Waals surface area contributed by atoms with E-state index < -0.39 is 5.91 Å². The van der Waals surface area contributed by atoms with Crippen LogP contribution in [-0.2, 0) is 0 Å². The van der Waals surface area contributed by atoms with Crippen LogP contribution in [0, 0.1) is 0 Å². The molecule has 2 rings (SSSR count). The number of rotatable bonds is 3. The van der Waals surface area contributed by atoms with Crippen LogP contribution in [0.3, 0.4) is 0 Å². The van der Waals surface area contributed by atoms with Crippen LogP contribution in [0.2, 0.25) is 0 Å². The SMILES string of the molecule is C/C(=N\NC(=O)c1ccccc1O)c1ccc(N)cc1.CO. The second kappa shape index (κ2) is 8.43. The largest absolute Gasteiger partial charge is 0.507 e. The number of nitrogens with one attached hydrogen (secondary N) is 1. The molecule has 0 aliphatic carbocycles. The van der Waals surface area contributed by atoms with Crippen molar-refractivity contribution >= 4 is 17.3 Å². The number of para-hydroxylation sites is 1. The predicted octanol–water partition coefficient (Wildman–Crippen LogP) is 1.74. The van der Waals surface area contributed by atoms with E-state index >= 15 is 0 Å². The molecule has 2 aromatic carbocycles. The van der Waals surface area contributed by atoms with Crippen molar-refractivity contribution < 1.29 is 15.0 Å². The van der Waals surface area contributed by atoms with Crippen LogP contribution in [0.4, 0.5) is 5.69 Å². The van der Waals surface area contributed by atoms with E-state index in [1.54, 1.807) is 31.2 Å². The Morgan fingerprint density at radius 3 is 2.27 bits per heavy atom. The molecule has 0 aromatic heterocycles. The summed E-state index contributed by atoms with van der Waals surface area (Å²) in [6, 6.07) is 13.5. The molecule has 6 nitrogen and oxygen atoms in total. The lowest BCUT2D eigenvalue weighted by Gasteiger charge is -2.04. The molecule has 0 atom stereocenters. The number of benzene rings is 2. The van der Waals surface area contributed by atoms with Crippen molar-refractivity contribution in [2.75, 3.05) is 12.8 Å². The summed E-state index contributed by atoms with van der Waals surface area (Å²) in [5, 5.41) is 20.6. The first-order valence-electron chi connectivity index (χ1n) is 6.51. The molecule has 116 valence electrons. The number of nitrogens with two attached hydrogens (primary N) is 1. The summed E-state index contributed by atoms with van der Waals surface area (Å²) in [5.41, 5.74) is 10.4. The fourth-order valence-electron chi connectivity index (χ4n) is 1.65. The second-order valence-electron chi connectivity index (χ2n) is 4.28. The number of anilines is 1. The zero-order chi connectivity index (χ0) is 16.5. The number of amides is 1. The molecular weight excluding hydrogens is 282 g/mol. The van der Waals surface area contributed by atoms with Crippen LogP contribution >= 0.6 is 0 Å². The number of phenolic OH excluding ortho intramolecular Hbond substituents is 1. The van der Waals surface area contributed by atoms with E-state index in [-0.39, 0.29) is 11.3 Å². The van der Waals surface area contributed by atoms with Gasteiger partial charge in [-0.1, -0.05) is 24.3 Å². The smallest absolute Gasteiger partial charge is 0.275 e. The molecule has 22 heavy (non-hydrogen) atoms. The summed E-state index contributed by atoms with van der Waals surface area (Å²) in [7, 11) is 1.00. The number of hydrogen-bond acceptors (Lipinski definition) is 5. The van der Waals surface area contributed by atoms with Crippen LogP contribution < -0.4 is 11.2 Å². The maximum absolute atomic E-state index is 11.9. The Balaban J connectivity index is 0.00000116. The van der Waals surface area contributed by atoms with Crippen molar-refractivity contribution in [1.82, 2.24) is 5.43 Å². The Labute approximate surface area is 128 Å². The topological polar surface area (TPSA) is 108 Å². The molecule has 0 aliphatic heterocycles. The molecule has 0 radical (unpaired) electrons. The number of aromatic hydroxyl groups is 1. The van der Waals surface area contributed by atoms with E-state index in [9.17, 15) is 9.90 Å². The van der Waals surface area contributed by atoms with Crippen molar-refractivity contribution in [3.05, 3.63) is 59.7 Å². The number of aliphatic hydroxyl groups excluding tert-OH is 1. The minimum atomic E-state index is -0.460. The van der Waals surface area contributed by atoms with Crippen molar-refractivity contribution in [2.45, 2.75) is 6.92 Å². The predicted molar refractivity (Wildman–Crippen MR) is 86.8 cm³/mol. The van der Waals surface area contributed by atoms with Crippen LogP contribution in [0.5, 0.6) is 5.75 Å². The van der Waals surface area contributed by atoms with Crippen LogP contribution in [0.1, 0.15) is 22.8 Å². The minimum absolute atomic E-state index is 0.0784. The quantitative estimate of drug-likeness (QED) is 0.393. The third-order valence-corrected chi connectivity index (χ3v) is 2.80. The highest BCUT2D eigenvalue weighted by molar-refractivity contribution is 6.01. The van der Waals surface area contributed by atoms with Gasteiger partial charge in [-0.05, 0) is 36.8 Å². The summed E-state index contributed by atoms with van der Waals surface area (Å²) >= 11 is 0. The van der Waals surface area contributed by atoms with Gasteiger partial charge in [0.1, 0.15) is 5.75 Å². The molecule has 0 spiro atoms. The van der Waals surface area contributed by atoms with Gasteiger partial charge in [0.05, 0.1) is 11.3 Å². The number of nitrogens with zero attached hydrogens (tertiary/aromatic N) is 1. The molecular formula is C16H19N3O3. The lowest BCUT2D eigenvalue weighted by molar-refractivity contribution is 0.0952. The van der Waals surface area contributed by atoms with Crippen molar-refractivity contribution in [3.63, 3.8) is 0 Å². The van der Waals surface area contributed by atoms with Gasteiger partial charge in [-0.15, -0.1) is 0 Å². The summed E-state index contributed by atoms with van der Waals surface area (Å²) < 4.78 is 0. The molecule has 6 heteroatoms. The highest BCUT2D eigenvalue weighted by Crippen LogP contribution is 2.15. The van der Waals surface area contributed by atoms with Crippen LogP contribution in [0.25, 0.3) is 0 Å². The number of hydrazone groups is 1. The van der Waals surface area contributed by atoms with E-state index in [1.807, 2.05) is 12.1 Å². The van der Waals surface area contributed by atoms with Gasteiger partial charge in [-0.3, -0.25) is 4.79 Å². The standard InChI is InChI=1S/C15H15N3O2.CH4O/c1-10(11-6-8-12(16)9-7-11)17-18-15(20)13-4-2-3-5-14(13)19;1-2/h2-9,19H,16H2,1H3,(H,18,20);2H,1H3/b17-10+;. The number of carbonyl (C=O) groups is 1. The lowest BCUT2D eigenvalue weighted by Crippen LogP contribution is -2.19. The number of hydrogen-bond donors (Lipinski definition) is 4. The normalized spacial score (nSPS) is 10.4. The number of nitrogen functional groups attached to an aromatic ring is 1. The van der Waals surface area contributed by atoms with Crippen LogP contribution in [-0.4, -0.2) is 28.9 Å². The summed E-state index contributed by atoms with van der Waals surface area (Å²) in [6.45, 7) is 1.77. The number of phenols is 1. The van der Waals surface area contributed by atoms with Crippen LogP contribution in [0.15, 0.2) is 53.6 Å². The first-order chi connectivity index (χ1) is 10.6. The first-order valence-corrected chi connectivity index (χ1v) is 6.51. The monoisotopic (exact) mass is 301 g/mol. The molecule has 2 aromatic rings. The lowest BCUT2D eigenvalue weighted by atomic mass is 10.1. The van der Waals surface area contributed by atoms with E-state index in [4.69, 9.17) is 10.8 Å². The molecule has 0 aliphatic rings. The molecule has 0 bridgehead atoms. The van der Waals surface area contributed by atoms with E-state index in [0.717, 1.165) is 12.7 Å². The average Bonchev–Trinajstić information content (AvgIpc) is 2.55. The summed E-state index contributed by atoms with van der Waals surface area (Å²) in [5.74, 6) is -0.539. The average molecular weight is 301 g/mol. The number of aliphatic hydroxyl groups is 1. The van der Waals surface area contributed by atoms with E-state index in [1.165, 1.54) is 12.1 Å². The van der Waals surface area contributed by atoms with Gasteiger partial charge >= 0.3 is 0 Å². The number of carbonyl (C=O) groups excluding carboxylic acids is 1. The van der Waals surface area contributed by atoms with Gasteiger partial charge in [0.15, 0.2) is 0 Å². The minimum Gasteiger partial charge on any atom is -0.507 e. The third-order valence-electron chi connectivity index (χ3n) is 2.80. The molecule has 0 unspecified atom stereocenters. The van der Waals surface area contributed by atoms with Gasteiger partial charge in [-0.25, -0.2) is 5.43 Å². The van der Waals surface area contributed by atoms with Gasteiger partial charge in [0.25, 0.3) is 5.91 Å². The van der Waals surface area contributed by atoms with Gasteiger partial charge < -0.3 is 15.9 Å². The van der Waals surface area contributed by atoms with E-state index in [2.05, 4.69) is 10.5 Å². The first kappa shape index (κ1) is 17.2. The zero-order valence-electron chi connectivity index (χ0n) is 12.4. The molecule has 0 fully saturated rings. The highest BCUT2D eigenvalue weighted by Gasteiger charge is 2.09. The second-order valence-corrected chi connectivity index (χ2v) is 4.28. The Morgan fingerprint density at radius 1 is 1.09 bits per heavy atom. The summed E-state index contributed by atoms with van der Waals surface area (Å²) in [4.78, 5) is 11.9. The summed E-state index contributed by atoms with van der Waals surface area (Å²) in [6.07, 6.45) is 0. The van der Waals surface area contributed by atoms with Crippen molar-refractivity contribution in [2.24, 2.45) is 5.10 Å².